The first-order valence-corrected chi connectivity index (χ1v) is 9.93. The molecule has 4 rings (SSSR count). The van der Waals surface area contributed by atoms with Crippen molar-refractivity contribution >= 4 is 17.7 Å². The number of guanidine groups is 1. The Balaban J connectivity index is 1.52. The van der Waals surface area contributed by atoms with E-state index in [0.29, 0.717) is 5.96 Å². The lowest BCUT2D eigenvalue weighted by atomic mass is 9.77. The lowest BCUT2D eigenvalue weighted by Crippen LogP contribution is -2.60. The van der Waals surface area contributed by atoms with Crippen molar-refractivity contribution in [2.45, 2.75) is 44.1 Å². The van der Waals surface area contributed by atoms with Crippen molar-refractivity contribution in [1.29, 1.82) is 5.26 Å². The number of amides is 1. The fraction of sp³-hybridized carbons (Fsp3) is 0.600. The van der Waals surface area contributed by atoms with E-state index >= 15 is 0 Å². The van der Waals surface area contributed by atoms with Crippen molar-refractivity contribution in [2.24, 2.45) is 10.9 Å². The van der Waals surface area contributed by atoms with Crippen molar-refractivity contribution in [3.8, 4) is 6.07 Å². The number of carbonyl (C=O) groups is 1. The molecule has 1 saturated heterocycles. The van der Waals surface area contributed by atoms with Gasteiger partial charge in [-0.15, -0.1) is 0 Å². The minimum atomic E-state index is -0.672. The van der Waals surface area contributed by atoms with Gasteiger partial charge in [-0.2, -0.15) is 5.26 Å². The van der Waals surface area contributed by atoms with Crippen molar-refractivity contribution in [3.63, 3.8) is 0 Å². The molecule has 1 N–H and O–H groups in total. The number of nitrogens with zero attached hydrogens (tertiary/aromatic N) is 5. The summed E-state index contributed by atoms with van der Waals surface area (Å²) in [6.45, 7) is 3.23. The van der Waals surface area contributed by atoms with Crippen LogP contribution in [0.5, 0.6) is 0 Å². The van der Waals surface area contributed by atoms with E-state index in [1.54, 1.807) is 0 Å². The van der Waals surface area contributed by atoms with Crippen molar-refractivity contribution in [1.82, 2.24) is 15.2 Å². The molecule has 1 atom stereocenters. The molecule has 0 bridgehead atoms. The number of hydrogen-bond donors (Lipinski definition) is 1. The van der Waals surface area contributed by atoms with E-state index in [9.17, 15) is 10.1 Å². The molecule has 0 aromatic carbocycles. The number of pyridine rings is 1. The van der Waals surface area contributed by atoms with Crippen molar-refractivity contribution < 1.29 is 4.79 Å². The van der Waals surface area contributed by atoms with Gasteiger partial charge < -0.3 is 9.80 Å². The van der Waals surface area contributed by atoms with Gasteiger partial charge >= 0.3 is 0 Å². The molecule has 1 amide bonds. The number of aliphatic imine (C=N–C) groups is 1. The quantitative estimate of drug-likeness (QED) is 0.821. The standard InChI is InChI=1S/C20H26N6O/c21-15-16-18(27)23-19(24-20(16)8-4-1-2-5-9-20)26-13-11-25(12-14-26)17-7-3-6-10-22-17/h3,6-7,10,16H,1-2,4-5,8-9,11-14H2,(H,23,24,27)/t16-/m0/s1. The highest BCUT2D eigenvalue weighted by molar-refractivity contribution is 6.02. The molecule has 2 fully saturated rings. The Morgan fingerprint density at radius 1 is 1.07 bits per heavy atom. The van der Waals surface area contributed by atoms with Crippen LogP contribution in [0, 0.1) is 17.2 Å². The summed E-state index contributed by atoms with van der Waals surface area (Å²) in [4.78, 5) is 26.5. The number of piperazine rings is 1. The van der Waals surface area contributed by atoms with E-state index in [-0.39, 0.29) is 5.91 Å². The molecule has 1 saturated carbocycles. The first-order chi connectivity index (χ1) is 13.2. The van der Waals surface area contributed by atoms with Crippen LogP contribution in [0.4, 0.5) is 5.82 Å². The highest BCUT2D eigenvalue weighted by Gasteiger charge is 2.47. The van der Waals surface area contributed by atoms with Crippen LogP contribution >= 0.6 is 0 Å². The molecule has 3 heterocycles. The molecule has 7 heteroatoms. The summed E-state index contributed by atoms with van der Waals surface area (Å²) < 4.78 is 0. The number of carbonyl (C=O) groups excluding carboxylic acids is 1. The molecule has 3 aliphatic rings. The maximum atomic E-state index is 12.7. The Morgan fingerprint density at radius 3 is 2.41 bits per heavy atom. The zero-order valence-corrected chi connectivity index (χ0v) is 15.6. The van der Waals surface area contributed by atoms with Crippen molar-refractivity contribution in [3.05, 3.63) is 24.4 Å². The summed E-state index contributed by atoms with van der Waals surface area (Å²) in [6, 6.07) is 8.18. The molecule has 1 spiro atoms. The second-order valence-electron chi connectivity index (χ2n) is 7.67. The monoisotopic (exact) mass is 366 g/mol. The number of aromatic nitrogens is 1. The molecule has 7 nitrogen and oxygen atoms in total. The predicted molar refractivity (Wildman–Crippen MR) is 103 cm³/mol. The zero-order chi connectivity index (χ0) is 18.7. The summed E-state index contributed by atoms with van der Waals surface area (Å²) >= 11 is 0. The summed E-state index contributed by atoms with van der Waals surface area (Å²) in [7, 11) is 0. The molecule has 1 aromatic heterocycles. The van der Waals surface area contributed by atoms with Gasteiger partial charge in [-0.25, -0.2) is 9.98 Å². The number of nitriles is 1. The molecule has 1 aliphatic carbocycles. The Kier molecular flexibility index (Phi) is 4.97. The molecule has 142 valence electrons. The Bertz CT molecular complexity index is 739. The van der Waals surface area contributed by atoms with Crippen LogP contribution in [0.1, 0.15) is 38.5 Å². The lowest BCUT2D eigenvalue weighted by Gasteiger charge is -2.42. The smallest absolute Gasteiger partial charge is 0.246 e. The first-order valence-electron chi connectivity index (χ1n) is 9.93. The molecule has 0 radical (unpaired) electrons. The zero-order valence-electron chi connectivity index (χ0n) is 15.6. The van der Waals surface area contributed by atoms with E-state index in [0.717, 1.165) is 70.5 Å². The van der Waals surface area contributed by atoms with Gasteiger partial charge in [0, 0.05) is 32.4 Å². The van der Waals surface area contributed by atoms with Gasteiger partial charge in [0.2, 0.25) is 11.9 Å². The van der Waals surface area contributed by atoms with Gasteiger partial charge in [0.15, 0.2) is 5.92 Å². The van der Waals surface area contributed by atoms with Crippen LogP contribution in [0.25, 0.3) is 0 Å². The van der Waals surface area contributed by atoms with Crippen LogP contribution in [-0.4, -0.2) is 53.5 Å². The van der Waals surface area contributed by atoms with E-state index in [1.165, 1.54) is 0 Å². The average Bonchev–Trinajstić information content (AvgIpc) is 2.94. The van der Waals surface area contributed by atoms with Crippen LogP contribution in [0.15, 0.2) is 29.4 Å². The highest BCUT2D eigenvalue weighted by atomic mass is 16.2. The van der Waals surface area contributed by atoms with Gasteiger partial charge in [0.05, 0.1) is 11.6 Å². The molecular formula is C20H26N6O. The van der Waals surface area contributed by atoms with Crippen LogP contribution < -0.4 is 10.2 Å². The second-order valence-corrected chi connectivity index (χ2v) is 7.67. The summed E-state index contributed by atoms with van der Waals surface area (Å²) in [6.07, 6.45) is 7.87. The Hall–Kier alpha value is -2.62. The lowest BCUT2D eigenvalue weighted by molar-refractivity contribution is -0.124. The maximum Gasteiger partial charge on any atom is 0.246 e. The van der Waals surface area contributed by atoms with Crippen molar-refractivity contribution in [2.75, 3.05) is 31.1 Å². The number of nitrogens with one attached hydrogen (secondary N) is 1. The predicted octanol–water partition coefficient (Wildman–Crippen LogP) is 1.92. The molecule has 1 aromatic rings. The number of anilines is 1. The number of hydrogen-bond acceptors (Lipinski definition) is 6. The summed E-state index contributed by atoms with van der Waals surface area (Å²) in [5.74, 6) is 0.788. The van der Waals surface area contributed by atoms with E-state index in [1.807, 2.05) is 24.4 Å². The largest absolute Gasteiger partial charge is 0.353 e. The Morgan fingerprint density at radius 2 is 1.78 bits per heavy atom. The van der Waals surface area contributed by atoms with E-state index < -0.39 is 11.5 Å². The third-order valence-corrected chi connectivity index (χ3v) is 6.01. The van der Waals surface area contributed by atoms with Crippen LogP contribution in [0.2, 0.25) is 0 Å². The fourth-order valence-corrected chi connectivity index (χ4v) is 4.49. The third kappa shape index (κ3) is 3.48. The average molecular weight is 366 g/mol. The van der Waals surface area contributed by atoms with Gasteiger partial charge in [-0.1, -0.05) is 31.7 Å². The van der Waals surface area contributed by atoms with E-state index in [4.69, 9.17) is 4.99 Å². The second kappa shape index (κ2) is 7.55. The Labute approximate surface area is 160 Å². The van der Waals surface area contributed by atoms with Gasteiger partial charge in [0.1, 0.15) is 5.82 Å². The summed E-state index contributed by atoms with van der Waals surface area (Å²) in [5, 5.41) is 12.5. The first kappa shape index (κ1) is 17.8. The fourth-order valence-electron chi connectivity index (χ4n) is 4.49. The maximum absolute atomic E-state index is 12.7. The normalized spacial score (nSPS) is 25.4. The molecule has 2 aliphatic heterocycles. The third-order valence-electron chi connectivity index (χ3n) is 6.01. The summed E-state index contributed by atoms with van der Waals surface area (Å²) in [5.41, 5.74) is -0.541. The number of rotatable bonds is 1. The SMILES string of the molecule is N#C[C@H]1C(=O)NC(N2CCN(c3ccccn3)CC2)=NC12CCCCCC2. The highest BCUT2D eigenvalue weighted by Crippen LogP contribution is 2.39. The van der Waals surface area contributed by atoms with Gasteiger partial charge in [0.25, 0.3) is 0 Å². The van der Waals surface area contributed by atoms with Gasteiger partial charge in [-0.3, -0.25) is 10.1 Å². The molecular weight excluding hydrogens is 340 g/mol. The van der Waals surface area contributed by atoms with E-state index in [2.05, 4.69) is 26.2 Å². The minimum Gasteiger partial charge on any atom is -0.353 e. The minimum absolute atomic E-state index is 0.184. The van der Waals surface area contributed by atoms with Crippen LogP contribution in [0.3, 0.4) is 0 Å². The topological polar surface area (TPSA) is 84.6 Å². The molecule has 27 heavy (non-hydrogen) atoms. The van der Waals surface area contributed by atoms with Crippen LogP contribution in [-0.2, 0) is 4.79 Å². The van der Waals surface area contributed by atoms with Gasteiger partial charge in [-0.05, 0) is 25.0 Å². The molecule has 0 unspecified atom stereocenters.